The lowest BCUT2D eigenvalue weighted by Gasteiger charge is -2.19. The molecule has 0 spiro atoms. The maximum Gasteiger partial charge on any atom is 0.233 e. The molecule has 1 aliphatic rings. The van der Waals surface area contributed by atoms with Gasteiger partial charge in [-0.05, 0) is 30.7 Å². The van der Waals surface area contributed by atoms with Crippen LogP contribution in [0.1, 0.15) is 19.8 Å². The highest BCUT2D eigenvalue weighted by molar-refractivity contribution is 7.92. The van der Waals surface area contributed by atoms with E-state index >= 15 is 0 Å². The van der Waals surface area contributed by atoms with Crippen LogP contribution in [0.2, 0.25) is 0 Å². The number of unbranched alkanes of at least 4 members (excludes halogenated alkanes) is 1. The van der Waals surface area contributed by atoms with E-state index < -0.39 is 10.0 Å². The highest BCUT2D eigenvalue weighted by Crippen LogP contribution is 2.33. The molecular weight excluding hydrogens is 344 g/mol. The van der Waals surface area contributed by atoms with Crippen LogP contribution in [0.25, 0.3) is 0 Å². The van der Waals surface area contributed by atoms with Gasteiger partial charge in [-0.25, -0.2) is 8.42 Å². The first kappa shape index (κ1) is 17.3. The van der Waals surface area contributed by atoms with E-state index in [0.717, 1.165) is 12.1 Å². The topological polar surface area (TPSA) is 102 Å². The van der Waals surface area contributed by atoms with Gasteiger partial charge in [0, 0.05) is 11.8 Å². The molecule has 0 saturated carbocycles. The number of anilines is 3. The first-order valence-corrected chi connectivity index (χ1v) is 9.72. The molecule has 0 aliphatic carbocycles. The van der Waals surface area contributed by atoms with Crippen LogP contribution in [0.5, 0.6) is 11.5 Å². The second-order valence-electron chi connectivity index (χ2n) is 5.56. The van der Waals surface area contributed by atoms with Crippen molar-refractivity contribution < 1.29 is 17.9 Å². The molecule has 0 fully saturated rings. The monoisotopic (exact) mass is 364 g/mol. The lowest BCUT2D eigenvalue weighted by Crippen LogP contribution is -2.17. The Morgan fingerprint density at radius 2 is 1.76 bits per heavy atom. The van der Waals surface area contributed by atoms with Gasteiger partial charge < -0.3 is 14.8 Å². The van der Waals surface area contributed by atoms with Crippen LogP contribution in [0.3, 0.4) is 0 Å². The van der Waals surface area contributed by atoms with Crippen molar-refractivity contribution in [3.63, 3.8) is 0 Å². The summed E-state index contributed by atoms with van der Waals surface area (Å²) < 4.78 is 37.1. The van der Waals surface area contributed by atoms with Gasteiger partial charge in [-0.3, -0.25) is 4.72 Å². The van der Waals surface area contributed by atoms with Crippen LogP contribution < -0.4 is 19.5 Å². The highest BCUT2D eigenvalue weighted by atomic mass is 32.2. The lowest BCUT2D eigenvalue weighted by atomic mass is 10.2. The summed E-state index contributed by atoms with van der Waals surface area (Å²) in [6.45, 7) is 3.00. The number of nitrogens with zero attached hydrogens (tertiary/aromatic N) is 2. The summed E-state index contributed by atoms with van der Waals surface area (Å²) in [6, 6.07) is 8.70. The average Bonchev–Trinajstić information content (AvgIpc) is 2.61. The van der Waals surface area contributed by atoms with Crippen molar-refractivity contribution in [1.82, 2.24) is 10.2 Å². The fourth-order valence-corrected chi connectivity index (χ4v) is 3.47. The van der Waals surface area contributed by atoms with Gasteiger partial charge in [0.05, 0.1) is 5.75 Å². The number of benzene rings is 1. The van der Waals surface area contributed by atoms with Crippen LogP contribution in [0, 0.1) is 0 Å². The van der Waals surface area contributed by atoms with Crippen LogP contribution in [-0.4, -0.2) is 37.6 Å². The van der Waals surface area contributed by atoms with Gasteiger partial charge in [-0.1, -0.05) is 13.3 Å². The van der Waals surface area contributed by atoms with E-state index in [1.54, 1.807) is 12.1 Å². The molecule has 1 aromatic heterocycles. The molecule has 25 heavy (non-hydrogen) atoms. The first-order valence-electron chi connectivity index (χ1n) is 8.06. The minimum atomic E-state index is -3.38. The Labute approximate surface area is 146 Å². The predicted molar refractivity (Wildman–Crippen MR) is 95.1 cm³/mol. The summed E-state index contributed by atoms with van der Waals surface area (Å²) in [6.07, 6.45) is 1.41. The van der Waals surface area contributed by atoms with E-state index in [0.29, 0.717) is 37.0 Å². The molecule has 0 atom stereocenters. The van der Waals surface area contributed by atoms with Crippen molar-refractivity contribution in [1.29, 1.82) is 0 Å². The Morgan fingerprint density at radius 1 is 1.04 bits per heavy atom. The third kappa shape index (κ3) is 4.72. The minimum Gasteiger partial charge on any atom is -0.486 e. The van der Waals surface area contributed by atoms with Crippen LogP contribution in [0.4, 0.5) is 17.3 Å². The second-order valence-corrected chi connectivity index (χ2v) is 7.40. The molecule has 0 radical (unpaired) electrons. The number of rotatable bonds is 7. The molecule has 2 N–H and O–H groups in total. The molecule has 0 bridgehead atoms. The molecule has 1 aliphatic heterocycles. The Hall–Kier alpha value is -2.55. The van der Waals surface area contributed by atoms with Gasteiger partial charge in [0.1, 0.15) is 13.2 Å². The average molecular weight is 364 g/mol. The maximum absolute atomic E-state index is 11.9. The number of ether oxygens (including phenoxy) is 2. The van der Waals surface area contributed by atoms with Gasteiger partial charge in [-0.2, -0.15) is 0 Å². The largest absolute Gasteiger partial charge is 0.486 e. The van der Waals surface area contributed by atoms with Gasteiger partial charge >= 0.3 is 0 Å². The van der Waals surface area contributed by atoms with Crippen molar-refractivity contribution in [2.75, 3.05) is 29.0 Å². The van der Waals surface area contributed by atoms with Crippen molar-refractivity contribution in [2.24, 2.45) is 0 Å². The van der Waals surface area contributed by atoms with E-state index in [-0.39, 0.29) is 11.6 Å². The molecule has 9 heteroatoms. The Morgan fingerprint density at radius 3 is 2.48 bits per heavy atom. The molecule has 2 heterocycles. The predicted octanol–water partition coefficient (Wildman–Crippen LogP) is 2.53. The molecule has 2 aromatic rings. The molecule has 134 valence electrons. The van der Waals surface area contributed by atoms with Crippen LogP contribution >= 0.6 is 0 Å². The lowest BCUT2D eigenvalue weighted by molar-refractivity contribution is 0.171. The first-order chi connectivity index (χ1) is 12.1. The third-order valence-electron chi connectivity index (χ3n) is 3.51. The smallest absolute Gasteiger partial charge is 0.233 e. The third-order valence-corrected chi connectivity index (χ3v) is 4.85. The van der Waals surface area contributed by atoms with Crippen LogP contribution in [-0.2, 0) is 10.0 Å². The molecule has 0 amide bonds. The van der Waals surface area contributed by atoms with Gasteiger partial charge in [0.25, 0.3) is 0 Å². The highest BCUT2D eigenvalue weighted by Gasteiger charge is 2.13. The van der Waals surface area contributed by atoms with Crippen molar-refractivity contribution in [3.05, 3.63) is 30.3 Å². The molecule has 3 rings (SSSR count). The molecule has 0 unspecified atom stereocenters. The fraction of sp³-hybridized carbons (Fsp3) is 0.375. The normalized spacial score (nSPS) is 13.3. The van der Waals surface area contributed by atoms with E-state index in [9.17, 15) is 8.42 Å². The number of fused-ring (bicyclic) bond motifs is 1. The number of aromatic nitrogens is 2. The van der Waals surface area contributed by atoms with E-state index in [4.69, 9.17) is 9.47 Å². The van der Waals surface area contributed by atoms with Gasteiger partial charge in [0.2, 0.25) is 10.0 Å². The zero-order valence-electron chi connectivity index (χ0n) is 13.9. The number of sulfonamides is 1. The number of hydrogen-bond donors (Lipinski definition) is 2. The van der Waals surface area contributed by atoms with Crippen molar-refractivity contribution >= 4 is 27.3 Å². The zero-order chi connectivity index (χ0) is 17.7. The van der Waals surface area contributed by atoms with E-state index in [1.165, 1.54) is 0 Å². The van der Waals surface area contributed by atoms with Gasteiger partial charge in [-0.15, -0.1) is 10.2 Å². The number of hydrogen-bond acceptors (Lipinski definition) is 7. The van der Waals surface area contributed by atoms with E-state index in [1.807, 2.05) is 25.1 Å². The second kappa shape index (κ2) is 7.56. The van der Waals surface area contributed by atoms with E-state index in [2.05, 4.69) is 20.2 Å². The van der Waals surface area contributed by atoms with Crippen LogP contribution in [0.15, 0.2) is 30.3 Å². The summed E-state index contributed by atoms with van der Waals surface area (Å²) in [5.74, 6) is 2.14. The summed E-state index contributed by atoms with van der Waals surface area (Å²) >= 11 is 0. The summed E-state index contributed by atoms with van der Waals surface area (Å²) in [4.78, 5) is 0. The minimum absolute atomic E-state index is 0.0718. The summed E-state index contributed by atoms with van der Waals surface area (Å²) in [5, 5.41) is 11.0. The maximum atomic E-state index is 11.9. The number of nitrogens with one attached hydrogen (secondary N) is 2. The molecular formula is C16H20N4O4S. The summed E-state index contributed by atoms with van der Waals surface area (Å²) in [7, 11) is -3.38. The standard InChI is InChI=1S/C16H20N4O4S/c1-2-3-10-25(21,22)20-16-7-6-15(18-19-16)17-12-4-5-13-14(11-12)24-9-8-23-13/h4-7,11H,2-3,8-10H2,1H3,(H,17,18)(H,19,20). The molecule has 0 saturated heterocycles. The van der Waals surface area contributed by atoms with Crippen molar-refractivity contribution in [2.45, 2.75) is 19.8 Å². The quantitative estimate of drug-likeness (QED) is 0.778. The Balaban J connectivity index is 1.65. The Bertz CT molecular complexity index is 825. The fourth-order valence-electron chi connectivity index (χ4n) is 2.27. The zero-order valence-corrected chi connectivity index (χ0v) is 14.7. The Kier molecular flexibility index (Phi) is 5.22. The summed E-state index contributed by atoms with van der Waals surface area (Å²) in [5.41, 5.74) is 0.773. The molecule has 1 aromatic carbocycles. The SMILES string of the molecule is CCCCS(=O)(=O)Nc1ccc(Nc2ccc3c(c2)OCCO3)nn1. The van der Waals surface area contributed by atoms with Crippen molar-refractivity contribution in [3.8, 4) is 11.5 Å². The van der Waals surface area contributed by atoms with Gasteiger partial charge in [0.15, 0.2) is 23.1 Å². The molecule has 8 nitrogen and oxygen atoms in total.